The number of H-pyrrole nitrogens is 1. The maximum atomic E-state index is 11.6. The lowest BCUT2D eigenvalue weighted by Crippen LogP contribution is -2.25. The molecule has 1 aliphatic rings. The Morgan fingerprint density at radius 3 is 2.76 bits per heavy atom. The molecule has 0 saturated heterocycles. The summed E-state index contributed by atoms with van der Waals surface area (Å²) >= 11 is 0. The molecule has 1 unspecified atom stereocenters. The molecule has 0 spiro atoms. The Hall–Kier alpha value is -1.81. The number of rotatable bonds is 2. The molecular formula is C13H15NO3. The molecule has 17 heavy (non-hydrogen) atoms. The van der Waals surface area contributed by atoms with Crippen LogP contribution in [0.4, 0.5) is 0 Å². The van der Waals surface area contributed by atoms with Gasteiger partial charge in [0.15, 0.2) is 0 Å². The summed E-state index contributed by atoms with van der Waals surface area (Å²) in [5, 5.41) is 1.96. The van der Waals surface area contributed by atoms with E-state index in [-0.39, 0.29) is 12.1 Å². The summed E-state index contributed by atoms with van der Waals surface area (Å²) in [6.07, 6.45) is 7.18. The van der Waals surface area contributed by atoms with Crippen molar-refractivity contribution in [2.24, 2.45) is 0 Å². The quantitative estimate of drug-likeness (QED) is 0.732. The van der Waals surface area contributed by atoms with Crippen LogP contribution in [0.1, 0.15) is 5.56 Å². The first-order valence-corrected chi connectivity index (χ1v) is 5.36. The van der Waals surface area contributed by atoms with Crippen LogP contribution in [-0.2, 0) is 14.3 Å². The molecule has 1 aromatic heterocycles. The van der Waals surface area contributed by atoms with Gasteiger partial charge in [0.05, 0.1) is 18.8 Å². The summed E-state index contributed by atoms with van der Waals surface area (Å²) in [6, 6.07) is 0. The number of hydrogen-bond acceptors (Lipinski definition) is 3. The number of carbonyl (C=O) groups excluding carboxylic acids is 1. The predicted molar refractivity (Wildman–Crippen MR) is 64.6 cm³/mol. The topological polar surface area (TPSA) is 51.3 Å². The summed E-state index contributed by atoms with van der Waals surface area (Å²) < 4.78 is 10.0. The molecule has 2 rings (SSSR count). The van der Waals surface area contributed by atoms with Gasteiger partial charge in [0, 0.05) is 23.9 Å². The first-order chi connectivity index (χ1) is 8.15. The highest BCUT2D eigenvalue weighted by Crippen LogP contribution is 2.07. The molecule has 0 aromatic carbocycles. The second-order valence-electron chi connectivity index (χ2n) is 3.92. The summed E-state index contributed by atoms with van der Waals surface area (Å²) in [4.78, 5) is 14.8. The van der Waals surface area contributed by atoms with E-state index in [0.29, 0.717) is 5.57 Å². The Bertz CT molecular complexity index is 580. The van der Waals surface area contributed by atoms with Gasteiger partial charge in [-0.05, 0) is 30.7 Å². The van der Waals surface area contributed by atoms with Crippen LogP contribution in [0.15, 0.2) is 17.8 Å². The molecule has 1 aromatic rings. The molecule has 4 nitrogen and oxygen atoms in total. The van der Waals surface area contributed by atoms with Gasteiger partial charge in [-0.15, -0.1) is 0 Å². The molecule has 1 N–H and O–H groups in total. The number of fused-ring (bicyclic) bond motifs is 1. The van der Waals surface area contributed by atoms with Crippen molar-refractivity contribution >= 4 is 18.1 Å². The molecular weight excluding hydrogens is 218 g/mol. The van der Waals surface area contributed by atoms with Crippen LogP contribution >= 0.6 is 0 Å². The molecule has 1 atom stereocenters. The van der Waals surface area contributed by atoms with Crippen LogP contribution in [0.2, 0.25) is 0 Å². The molecule has 0 saturated carbocycles. The van der Waals surface area contributed by atoms with Crippen molar-refractivity contribution in [3.05, 3.63) is 34.0 Å². The van der Waals surface area contributed by atoms with Crippen LogP contribution in [-0.4, -0.2) is 31.3 Å². The van der Waals surface area contributed by atoms with Gasteiger partial charge in [-0.2, -0.15) is 0 Å². The van der Waals surface area contributed by atoms with Gasteiger partial charge in [-0.3, -0.25) is 0 Å². The fourth-order valence-electron chi connectivity index (χ4n) is 1.86. The first kappa shape index (κ1) is 11.7. The Balaban J connectivity index is 2.63. The van der Waals surface area contributed by atoms with E-state index in [1.807, 2.05) is 25.3 Å². The maximum Gasteiger partial charge on any atom is 0.337 e. The SMILES string of the molecule is COC(=O)C1=CC(OC)C=c2[nH]cc(C)c2=C1. The van der Waals surface area contributed by atoms with E-state index < -0.39 is 0 Å². The molecule has 0 aliphatic heterocycles. The highest BCUT2D eigenvalue weighted by Gasteiger charge is 2.13. The number of nitrogens with one attached hydrogen (secondary N) is 1. The zero-order valence-electron chi connectivity index (χ0n) is 10.1. The van der Waals surface area contributed by atoms with E-state index in [2.05, 4.69) is 4.98 Å². The van der Waals surface area contributed by atoms with Gasteiger partial charge >= 0.3 is 5.97 Å². The Kier molecular flexibility index (Phi) is 3.15. The minimum absolute atomic E-state index is 0.236. The van der Waals surface area contributed by atoms with E-state index in [4.69, 9.17) is 9.47 Å². The number of carbonyl (C=O) groups is 1. The zero-order valence-corrected chi connectivity index (χ0v) is 10.1. The minimum Gasteiger partial charge on any atom is -0.465 e. The molecule has 0 fully saturated rings. The van der Waals surface area contributed by atoms with Gasteiger partial charge in [-0.25, -0.2) is 4.79 Å². The molecule has 0 bridgehead atoms. The van der Waals surface area contributed by atoms with E-state index in [0.717, 1.165) is 16.1 Å². The standard InChI is InChI=1S/C13H15NO3/c1-8-7-14-12-6-10(16-2)4-9(5-11(8)12)13(15)17-3/h4-7,10,14H,1-3H3. The number of hydrogen-bond donors (Lipinski definition) is 1. The second kappa shape index (κ2) is 4.59. The van der Waals surface area contributed by atoms with E-state index >= 15 is 0 Å². The van der Waals surface area contributed by atoms with Gasteiger partial charge in [-0.1, -0.05) is 0 Å². The monoisotopic (exact) mass is 233 g/mol. The van der Waals surface area contributed by atoms with E-state index in [1.165, 1.54) is 7.11 Å². The lowest BCUT2D eigenvalue weighted by atomic mass is 10.2. The van der Waals surface area contributed by atoms with Gasteiger partial charge < -0.3 is 14.5 Å². The van der Waals surface area contributed by atoms with Crippen LogP contribution in [0.3, 0.4) is 0 Å². The Morgan fingerprint density at radius 2 is 2.12 bits per heavy atom. The van der Waals surface area contributed by atoms with Crippen LogP contribution < -0.4 is 10.6 Å². The fraction of sp³-hybridized carbons (Fsp3) is 0.308. The molecule has 1 aliphatic carbocycles. The molecule has 0 amide bonds. The number of ether oxygens (including phenoxy) is 2. The zero-order chi connectivity index (χ0) is 12.4. The molecule has 0 radical (unpaired) electrons. The maximum absolute atomic E-state index is 11.6. The normalized spacial score (nSPS) is 18.3. The van der Waals surface area contributed by atoms with Gasteiger partial charge in [0.25, 0.3) is 0 Å². The third-order valence-electron chi connectivity index (χ3n) is 2.83. The predicted octanol–water partition coefficient (Wildman–Crippen LogP) is 0.0121. The average molecular weight is 233 g/mol. The van der Waals surface area contributed by atoms with Crippen molar-refractivity contribution in [1.82, 2.24) is 4.98 Å². The lowest BCUT2D eigenvalue weighted by Gasteiger charge is -2.05. The Morgan fingerprint density at radius 1 is 1.35 bits per heavy atom. The number of esters is 1. The van der Waals surface area contributed by atoms with Crippen molar-refractivity contribution < 1.29 is 14.3 Å². The summed E-state index contributed by atoms with van der Waals surface area (Å²) in [7, 11) is 2.98. The molecule has 1 heterocycles. The number of aromatic amines is 1. The third-order valence-corrected chi connectivity index (χ3v) is 2.83. The van der Waals surface area contributed by atoms with E-state index in [9.17, 15) is 4.79 Å². The third kappa shape index (κ3) is 2.17. The smallest absolute Gasteiger partial charge is 0.337 e. The van der Waals surface area contributed by atoms with E-state index in [1.54, 1.807) is 13.2 Å². The second-order valence-corrected chi connectivity index (χ2v) is 3.92. The van der Waals surface area contributed by atoms with Crippen molar-refractivity contribution in [2.45, 2.75) is 13.0 Å². The summed E-state index contributed by atoms with van der Waals surface area (Å²) in [6.45, 7) is 1.99. The summed E-state index contributed by atoms with van der Waals surface area (Å²) in [5.74, 6) is -0.353. The first-order valence-electron chi connectivity index (χ1n) is 5.36. The lowest BCUT2D eigenvalue weighted by molar-refractivity contribution is -0.135. The highest BCUT2D eigenvalue weighted by atomic mass is 16.5. The van der Waals surface area contributed by atoms with Crippen LogP contribution in [0.5, 0.6) is 0 Å². The fourth-order valence-corrected chi connectivity index (χ4v) is 1.86. The molecule has 4 heteroatoms. The number of methoxy groups -OCH3 is 2. The van der Waals surface area contributed by atoms with Crippen molar-refractivity contribution in [3.8, 4) is 0 Å². The van der Waals surface area contributed by atoms with Crippen LogP contribution in [0, 0.1) is 6.92 Å². The minimum atomic E-state index is -0.353. The van der Waals surface area contributed by atoms with Crippen molar-refractivity contribution in [1.29, 1.82) is 0 Å². The molecule has 90 valence electrons. The Labute approximate surface area is 99.2 Å². The number of aryl methyl sites for hydroxylation is 1. The largest absolute Gasteiger partial charge is 0.465 e. The highest BCUT2D eigenvalue weighted by molar-refractivity contribution is 5.98. The number of aromatic nitrogens is 1. The van der Waals surface area contributed by atoms with Crippen molar-refractivity contribution in [2.75, 3.05) is 14.2 Å². The van der Waals surface area contributed by atoms with Crippen molar-refractivity contribution in [3.63, 3.8) is 0 Å². The van der Waals surface area contributed by atoms with Gasteiger partial charge in [0.1, 0.15) is 0 Å². The average Bonchev–Trinajstić information content (AvgIpc) is 2.59. The van der Waals surface area contributed by atoms with Crippen LogP contribution in [0.25, 0.3) is 12.2 Å². The van der Waals surface area contributed by atoms with Gasteiger partial charge in [0.2, 0.25) is 0 Å². The summed E-state index contributed by atoms with van der Waals surface area (Å²) in [5.41, 5.74) is 1.60.